The molecule has 0 aromatic carbocycles. The van der Waals surface area contributed by atoms with Crippen LogP contribution in [0.1, 0.15) is 50.3 Å². The maximum atomic E-state index is 11.9. The first kappa shape index (κ1) is 15.7. The Kier molecular flexibility index (Phi) is 3.90. The Labute approximate surface area is 141 Å². The standard InChI is InChI=1S/C17H21N3O3S/c1-24(21,22)14-8-5-9-18-15(14)16-19-17(23-20-16)13-10-12(13)11-6-3-2-4-7-11/h5,8-9,11-13H,2-4,6-7,10H2,1H3. The van der Waals surface area contributed by atoms with Crippen LogP contribution in [0.25, 0.3) is 11.5 Å². The Hall–Kier alpha value is -1.76. The third-order valence-corrected chi connectivity index (χ3v) is 6.36. The molecule has 0 N–H and O–H groups in total. The van der Waals surface area contributed by atoms with Crippen molar-refractivity contribution in [1.29, 1.82) is 0 Å². The Balaban J connectivity index is 1.57. The monoisotopic (exact) mass is 347 g/mol. The lowest BCUT2D eigenvalue weighted by atomic mass is 9.85. The van der Waals surface area contributed by atoms with Crippen molar-refractivity contribution in [2.24, 2.45) is 11.8 Å². The number of rotatable bonds is 4. The van der Waals surface area contributed by atoms with E-state index in [1.807, 2.05) is 0 Å². The van der Waals surface area contributed by atoms with E-state index >= 15 is 0 Å². The molecule has 2 aliphatic rings. The zero-order valence-electron chi connectivity index (χ0n) is 13.7. The van der Waals surface area contributed by atoms with Gasteiger partial charge in [0.2, 0.25) is 11.7 Å². The number of sulfone groups is 1. The summed E-state index contributed by atoms with van der Waals surface area (Å²) in [6.07, 6.45) is 10.4. The van der Waals surface area contributed by atoms with Gasteiger partial charge in [-0.15, -0.1) is 0 Å². The van der Waals surface area contributed by atoms with Gasteiger partial charge in [-0.3, -0.25) is 4.98 Å². The quantitative estimate of drug-likeness (QED) is 0.844. The molecule has 0 aliphatic heterocycles. The lowest BCUT2D eigenvalue weighted by Gasteiger charge is -2.21. The van der Waals surface area contributed by atoms with Crippen molar-refractivity contribution < 1.29 is 12.9 Å². The molecule has 0 radical (unpaired) electrons. The average molecular weight is 347 g/mol. The minimum Gasteiger partial charge on any atom is -0.339 e. The highest BCUT2D eigenvalue weighted by atomic mass is 32.2. The second-order valence-corrected chi connectivity index (χ2v) is 8.97. The predicted octanol–water partition coefficient (Wildman–Crippen LogP) is 3.22. The van der Waals surface area contributed by atoms with Gasteiger partial charge in [-0.05, 0) is 30.4 Å². The lowest BCUT2D eigenvalue weighted by molar-refractivity contribution is 0.305. The van der Waals surface area contributed by atoms with Crippen LogP contribution in [0, 0.1) is 11.8 Å². The van der Waals surface area contributed by atoms with Crippen LogP contribution < -0.4 is 0 Å². The molecule has 7 heteroatoms. The fourth-order valence-corrected chi connectivity index (χ4v) is 4.74. The molecule has 2 aliphatic carbocycles. The molecule has 128 valence electrons. The van der Waals surface area contributed by atoms with Crippen molar-refractivity contribution >= 4 is 9.84 Å². The molecular weight excluding hydrogens is 326 g/mol. The second kappa shape index (κ2) is 5.95. The Morgan fingerprint density at radius 2 is 2.00 bits per heavy atom. The normalized spacial score (nSPS) is 24.9. The first-order valence-electron chi connectivity index (χ1n) is 8.53. The highest BCUT2D eigenvalue weighted by Gasteiger charge is 2.47. The van der Waals surface area contributed by atoms with Crippen LogP contribution in [0.4, 0.5) is 0 Å². The summed E-state index contributed by atoms with van der Waals surface area (Å²) in [6.45, 7) is 0. The molecule has 2 fully saturated rings. The van der Waals surface area contributed by atoms with E-state index in [0.29, 0.717) is 17.7 Å². The average Bonchev–Trinajstić information content (AvgIpc) is 3.24. The van der Waals surface area contributed by atoms with Gasteiger partial charge in [0.15, 0.2) is 9.84 Å². The van der Waals surface area contributed by atoms with Crippen molar-refractivity contribution in [2.45, 2.75) is 49.3 Å². The van der Waals surface area contributed by atoms with Crippen molar-refractivity contribution in [3.8, 4) is 11.5 Å². The second-order valence-electron chi connectivity index (χ2n) is 6.98. The van der Waals surface area contributed by atoms with Crippen LogP contribution in [0.5, 0.6) is 0 Å². The summed E-state index contributed by atoms with van der Waals surface area (Å²) in [5.41, 5.74) is 0.268. The van der Waals surface area contributed by atoms with E-state index in [1.165, 1.54) is 38.2 Å². The molecule has 0 amide bonds. The zero-order valence-corrected chi connectivity index (χ0v) is 14.5. The number of pyridine rings is 1. The van der Waals surface area contributed by atoms with E-state index in [1.54, 1.807) is 12.3 Å². The van der Waals surface area contributed by atoms with Crippen LogP contribution in [-0.4, -0.2) is 29.8 Å². The SMILES string of the molecule is CS(=O)(=O)c1cccnc1-c1noc(C2CC2C2CCCCC2)n1. The molecule has 4 rings (SSSR count). The summed E-state index contributed by atoms with van der Waals surface area (Å²) in [7, 11) is -3.39. The molecule has 2 aromatic heterocycles. The van der Waals surface area contributed by atoms with Crippen LogP contribution in [0.2, 0.25) is 0 Å². The molecule has 0 saturated heterocycles. The third kappa shape index (κ3) is 2.97. The molecule has 2 unspecified atom stereocenters. The van der Waals surface area contributed by atoms with Gasteiger partial charge >= 0.3 is 0 Å². The van der Waals surface area contributed by atoms with E-state index in [-0.39, 0.29) is 16.4 Å². The molecule has 24 heavy (non-hydrogen) atoms. The van der Waals surface area contributed by atoms with E-state index < -0.39 is 9.84 Å². The number of hydrogen-bond donors (Lipinski definition) is 0. The largest absolute Gasteiger partial charge is 0.339 e. The van der Waals surface area contributed by atoms with Crippen molar-refractivity contribution in [1.82, 2.24) is 15.1 Å². The molecule has 6 nitrogen and oxygen atoms in total. The fourth-order valence-electron chi connectivity index (χ4n) is 3.92. The topological polar surface area (TPSA) is 86.0 Å². The van der Waals surface area contributed by atoms with E-state index in [0.717, 1.165) is 18.6 Å². The van der Waals surface area contributed by atoms with Crippen LogP contribution in [-0.2, 0) is 9.84 Å². The molecule has 2 aromatic rings. The highest BCUT2D eigenvalue weighted by molar-refractivity contribution is 7.90. The van der Waals surface area contributed by atoms with Crippen LogP contribution >= 0.6 is 0 Å². The molecule has 0 bridgehead atoms. The maximum absolute atomic E-state index is 11.9. The van der Waals surface area contributed by atoms with Gasteiger partial charge in [-0.2, -0.15) is 4.98 Å². The summed E-state index contributed by atoms with van der Waals surface area (Å²) in [5, 5.41) is 3.99. The molecular formula is C17H21N3O3S. The van der Waals surface area contributed by atoms with Gasteiger partial charge in [-0.1, -0.05) is 37.3 Å². The molecule has 0 spiro atoms. The highest BCUT2D eigenvalue weighted by Crippen LogP contribution is 2.54. The maximum Gasteiger partial charge on any atom is 0.230 e. The summed E-state index contributed by atoms with van der Waals surface area (Å²) < 4.78 is 29.3. The van der Waals surface area contributed by atoms with E-state index in [4.69, 9.17) is 4.52 Å². The Morgan fingerprint density at radius 1 is 1.21 bits per heavy atom. The van der Waals surface area contributed by atoms with Crippen molar-refractivity contribution in [3.63, 3.8) is 0 Å². The van der Waals surface area contributed by atoms with Gasteiger partial charge in [-0.25, -0.2) is 8.42 Å². The summed E-state index contributed by atoms with van der Waals surface area (Å²) in [4.78, 5) is 8.75. The fraction of sp³-hybridized carbons (Fsp3) is 0.588. The first-order chi connectivity index (χ1) is 11.5. The number of aromatic nitrogens is 3. The van der Waals surface area contributed by atoms with Gasteiger partial charge < -0.3 is 4.52 Å². The van der Waals surface area contributed by atoms with Crippen molar-refractivity contribution in [2.75, 3.05) is 6.26 Å². The Bertz CT molecular complexity index is 840. The minimum absolute atomic E-state index is 0.136. The van der Waals surface area contributed by atoms with Crippen molar-refractivity contribution in [3.05, 3.63) is 24.2 Å². The smallest absolute Gasteiger partial charge is 0.230 e. The van der Waals surface area contributed by atoms with E-state index in [9.17, 15) is 8.42 Å². The zero-order chi connectivity index (χ0) is 16.7. The van der Waals surface area contributed by atoms with Crippen LogP contribution in [0.15, 0.2) is 27.7 Å². The molecule has 2 atom stereocenters. The molecule has 2 saturated carbocycles. The number of nitrogens with zero attached hydrogens (tertiary/aromatic N) is 3. The van der Waals surface area contributed by atoms with Gasteiger partial charge in [0, 0.05) is 18.4 Å². The summed E-state index contributed by atoms with van der Waals surface area (Å²) in [5.74, 6) is 2.66. The lowest BCUT2D eigenvalue weighted by Crippen LogP contribution is -2.09. The number of hydrogen-bond acceptors (Lipinski definition) is 6. The summed E-state index contributed by atoms with van der Waals surface area (Å²) in [6, 6.07) is 3.12. The minimum atomic E-state index is -3.39. The predicted molar refractivity (Wildman–Crippen MR) is 88.1 cm³/mol. The van der Waals surface area contributed by atoms with E-state index in [2.05, 4.69) is 15.1 Å². The first-order valence-corrected chi connectivity index (χ1v) is 10.4. The van der Waals surface area contributed by atoms with Gasteiger partial charge in [0.05, 0.1) is 4.90 Å². The third-order valence-electron chi connectivity index (χ3n) is 5.24. The molecule has 2 heterocycles. The van der Waals surface area contributed by atoms with Gasteiger partial charge in [0.1, 0.15) is 5.69 Å². The van der Waals surface area contributed by atoms with Gasteiger partial charge in [0.25, 0.3) is 0 Å². The Morgan fingerprint density at radius 3 is 2.75 bits per heavy atom. The van der Waals surface area contributed by atoms with Crippen LogP contribution in [0.3, 0.4) is 0 Å². The summed E-state index contributed by atoms with van der Waals surface area (Å²) >= 11 is 0.